The number of hydrogen-bond acceptors (Lipinski definition) is 4. The molecule has 1 rings (SSSR count). The standard InChI is InChI=1S/C13H19N3S/c1-9(8-17-4)7-15-13-12(6-14)10(2)5-11(3)16-13/h5,9H,7-8H2,1-4H3,(H,15,16). The summed E-state index contributed by atoms with van der Waals surface area (Å²) in [5, 5.41) is 12.4. The van der Waals surface area contributed by atoms with Gasteiger partial charge in [-0.1, -0.05) is 6.92 Å². The summed E-state index contributed by atoms with van der Waals surface area (Å²) < 4.78 is 0. The first-order valence-electron chi connectivity index (χ1n) is 5.69. The number of aryl methyl sites for hydroxylation is 2. The number of nitriles is 1. The van der Waals surface area contributed by atoms with Crippen LogP contribution in [-0.4, -0.2) is 23.5 Å². The SMILES string of the molecule is CSCC(C)CNc1nc(C)cc(C)c1C#N. The number of rotatable bonds is 5. The fraction of sp³-hybridized carbons (Fsp3) is 0.538. The van der Waals surface area contributed by atoms with Gasteiger partial charge < -0.3 is 5.32 Å². The van der Waals surface area contributed by atoms with Crippen molar-refractivity contribution >= 4 is 17.6 Å². The van der Waals surface area contributed by atoms with Crippen molar-refractivity contribution < 1.29 is 0 Å². The van der Waals surface area contributed by atoms with Crippen LogP contribution < -0.4 is 5.32 Å². The fourth-order valence-electron chi connectivity index (χ4n) is 1.72. The Kier molecular flexibility index (Phi) is 5.30. The Hall–Kier alpha value is -1.21. The summed E-state index contributed by atoms with van der Waals surface area (Å²) in [4.78, 5) is 4.40. The first-order valence-corrected chi connectivity index (χ1v) is 7.09. The number of thioether (sulfide) groups is 1. The average molecular weight is 249 g/mol. The smallest absolute Gasteiger partial charge is 0.144 e. The topological polar surface area (TPSA) is 48.7 Å². The van der Waals surface area contributed by atoms with Crippen LogP contribution in [0.25, 0.3) is 0 Å². The summed E-state index contributed by atoms with van der Waals surface area (Å²) in [7, 11) is 0. The predicted octanol–water partition coefficient (Wildman–Crippen LogP) is 2.98. The van der Waals surface area contributed by atoms with Gasteiger partial charge in [0.25, 0.3) is 0 Å². The summed E-state index contributed by atoms with van der Waals surface area (Å²) in [5.74, 6) is 2.40. The number of nitrogens with one attached hydrogen (secondary N) is 1. The molecule has 0 fully saturated rings. The summed E-state index contributed by atoms with van der Waals surface area (Å²) in [6, 6.07) is 4.16. The van der Waals surface area contributed by atoms with Crippen LogP contribution in [0.1, 0.15) is 23.7 Å². The van der Waals surface area contributed by atoms with Gasteiger partial charge in [0, 0.05) is 12.2 Å². The van der Waals surface area contributed by atoms with E-state index in [1.54, 1.807) is 0 Å². The highest BCUT2D eigenvalue weighted by atomic mass is 32.2. The molecule has 0 aliphatic heterocycles. The Labute approximate surface area is 108 Å². The van der Waals surface area contributed by atoms with E-state index < -0.39 is 0 Å². The zero-order valence-corrected chi connectivity index (χ0v) is 11.7. The van der Waals surface area contributed by atoms with Gasteiger partial charge in [0.1, 0.15) is 11.9 Å². The molecule has 1 aromatic rings. The van der Waals surface area contributed by atoms with Crippen molar-refractivity contribution in [3.8, 4) is 6.07 Å². The summed E-state index contributed by atoms with van der Waals surface area (Å²) in [6.07, 6.45) is 2.10. The number of anilines is 1. The fourth-order valence-corrected chi connectivity index (χ4v) is 2.41. The molecule has 1 N–H and O–H groups in total. The monoisotopic (exact) mass is 249 g/mol. The molecule has 1 aromatic heterocycles. The maximum atomic E-state index is 9.12. The van der Waals surface area contributed by atoms with E-state index in [0.29, 0.717) is 11.5 Å². The molecule has 0 radical (unpaired) electrons. The Balaban J connectivity index is 2.80. The highest BCUT2D eigenvalue weighted by Crippen LogP contribution is 2.18. The van der Waals surface area contributed by atoms with Gasteiger partial charge in [0.2, 0.25) is 0 Å². The molecule has 0 bridgehead atoms. The molecule has 4 heteroatoms. The molecule has 17 heavy (non-hydrogen) atoms. The third-order valence-corrected chi connectivity index (χ3v) is 3.43. The zero-order valence-electron chi connectivity index (χ0n) is 10.9. The van der Waals surface area contributed by atoms with E-state index in [0.717, 1.165) is 29.4 Å². The lowest BCUT2D eigenvalue weighted by molar-refractivity contribution is 0.699. The van der Waals surface area contributed by atoms with Gasteiger partial charge >= 0.3 is 0 Å². The van der Waals surface area contributed by atoms with Crippen LogP contribution in [0.15, 0.2) is 6.07 Å². The average Bonchev–Trinajstić information content (AvgIpc) is 2.26. The minimum atomic E-state index is 0.569. The largest absolute Gasteiger partial charge is 0.369 e. The Bertz CT molecular complexity index is 423. The third kappa shape index (κ3) is 3.94. The van der Waals surface area contributed by atoms with E-state index in [1.807, 2.05) is 31.7 Å². The lowest BCUT2D eigenvalue weighted by Crippen LogP contribution is -2.15. The highest BCUT2D eigenvalue weighted by Gasteiger charge is 2.09. The van der Waals surface area contributed by atoms with Crippen molar-refractivity contribution in [2.24, 2.45) is 5.92 Å². The molecule has 92 valence electrons. The lowest BCUT2D eigenvalue weighted by atomic mass is 10.1. The van der Waals surface area contributed by atoms with Crippen LogP contribution >= 0.6 is 11.8 Å². The molecule has 1 atom stereocenters. The predicted molar refractivity (Wildman–Crippen MR) is 74.5 cm³/mol. The summed E-state index contributed by atoms with van der Waals surface area (Å²) in [5.41, 5.74) is 2.59. The van der Waals surface area contributed by atoms with E-state index in [-0.39, 0.29) is 0 Å². The van der Waals surface area contributed by atoms with E-state index >= 15 is 0 Å². The Morgan fingerprint density at radius 2 is 2.24 bits per heavy atom. The highest BCUT2D eigenvalue weighted by molar-refractivity contribution is 7.98. The second-order valence-corrected chi connectivity index (χ2v) is 5.27. The van der Waals surface area contributed by atoms with Gasteiger partial charge in [-0.3, -0.25) is 0 Å². The Morgan fingerprint density at radius 1 is 1.53 bits per heavy atom. The van der Waals surface area contributed by atoms with Crippen LogP contribution in [-0.2, 0) is 0 Å². The number of hydrogen-bond donors (Lipinski definition) is 1. The van der Waals surface area contributed by atoms with Crippen LogP contribution in [0, 0.1) is 31.1 Å². The number of nitrogens with zero attached hydrogens (tertiary/aromatic N) is 2. The minimum absolute atomic E-state index is 0.569. The quantitative estimate of drug-likeness (QED) is 0.871. The molecule has 0 aliphatic carbocycles. The van der Waals surface area contributed by atoms with Crippen LogP contribution in [0.2, 0.25) is 0 Å². The third-order valence-electron chi connectivity index (χ3n) is 2.53. The number of aromatic nitrogens is 1. The lowest BCUT2D eigenvalue weighted by Gasteiger charge is -2.14. The molecule has 0 saturated carbocycles. The van der Waals surface area contributed by atoms with Crippen molar-refractivity contribution in [3.63, 3.8) is 0 Å². The minimum Gasteiger partial charge on any atom is -0.369 e. The van der Waals surface area contributed by atoms with Gasteiger partial charge in [-0.2, -0.15) is 17.0 Å². The second-order valence-electron chi connectivity index (χ2n) is 4.36. The second kappa shape index (κ2) is 6.51. The molecule has 0 saturated heterocycles. The maximum Gasteiger partial charge on any atom is 0.144 e. The summed E-state index contributed by atoms with van der Waals surface area (Å²) >= 11 is 1.84. The first kappa shape index (κ1) is 13.9. The van der Waals surface area contributed by atoms with E-state index in [2.05, 4.69) is 29.5 Å². The molecule has 1 heterocycles. The van der Waals surface area contributed by atoms with Crippen molar-refractivity contribution in [1.82, 2.24) is 4.98 Å². The van der Waals surface area contributed by atoms with E-state index in [9.17, 15) is 0 Å². The van der Waals surface area contributed by atoms with Gasteiger partial charge in [0.15, 0.2) is 0 Å². The van der Waals surface area contributed by atoms with E-state index in [1.165, 1.54) is 0 Å². The molecule has 3 nitrogen and oxygen atoms in total. The van der Waals surface area contributed by atoms with Crippen molar-refractivity contribution in [1.29, 1.82) is 5.26 Å². The van der Waals surface area contributed by atoms with Crippen LogP contribution in [0.3, 0.4) is 0 Å². The molecule has 0 aliphatic rings. The molecular formula is C13H19N3S. The Morgan fingerprint density at radius 3 is 2.82 bits per heavy atom. The van der Waals surface area contributed by atoms with Crippen LogP contribution in [0.4, 0.5) is 5.82 Å². The molecular weight excluding hydrogens is 230 g/mol. The molecule has 1 unspecified atom stereocenters. The number of pyridine rings is 1. The molecule has 0 spiro atoms. The zero-order chi connectivity index (χ0) is 12.8. The first-order chi connectivity index (χ1) is 8.08. The molecule has 0 aromatic carbocycles. The van der Waals surface area contributed by atoms with Gasteiger partial charge in [-0.25, -0.2) is 4.98 Å². The molecule has 0 amide bonds. The van der Waals surface area contributed by atoms with Gasteiger partial charge in [-0.15, -0.1) is 0 Å². The normalized spacial score (nSPS) is 11.9. The van der Waals surface area contributed by atoms with Crippen molar-refractivity contribution in [2.75, 3.05) is 23.9 Å². The maximum absolute atomic E-state index is 9.12. The van der Waals surface area contributed by atoms with Gasteiger partial charge in [-0.05, 0) is 43.4 Å². The van der Waals surface area contributed by atoms with Crippen molar-refractivity contribution in [3.05, 3.63) is 22.9 Å². The van der Waals surface area contributed by atoms with Gasteiger partial charge in [0.05, 0.1) is 5.56 Å². The van der Waals surface area contributed by atoms with E-state index in [4.69, 9.17) is 5.26 Å². The summed E-state index contributed by atoms with van der Waals surface area (Å²) in [6.45, 7) is 6.94. The van der Waals surface area contributed by atoms with Crippen molar-refractivity contribution in [2.45, 2.75) is 20.8 Å². The van der Waals surface area contributed by atoms with Crippen LogP contribution in [0.5, 0.6) is 0 Å².